The Morgan fingerprint density at radius 3 is 2.60 bits per heavy atom. The van der Waals surface area contributed by atoms with Crippen LogP contribution in [0.1, 0.15) is 5.56 Å². The Bertz CT molecular complexity index is 412. The normalized spacial score (nSPS) is 12.9. The summed E-state index contributed by atoms with van der Waals surface area (Å²) in [6.45, 7) is 0. The van der Waals surface area contributed by atoms with E-state index >= 15 is 0 Å². The Morgan fingerprint density at radius 1 is 1.53 bits per heavy atom. The van der Waals surface area contributed by atoms with Crippen LogP contribution in [-0.4, -0.2) is 11.0 Å². The minimum absolute atomic E-state index is 0.123. The van der Waals surface area contributed by atoms with Crippen molar-refractivity contribution >= 4 is 33.4 Å². The summed E-state index contributed by atoms with van der Waals surface area (Å²) in [7, 11) is 0. The van der Waals surface area contributed by atoms with E-state index in [2.05, 4.69) is 21.1 Å². The lowest BCUT2D eigenvalue weighted by molar-refractivity contribution is 0.0699. The zero-order valence-electron chi connectivity index (χ0n) is 7.22. The second kappa shape index (κ2) is 4.32. The molecule has 15 heavy (non-hydrogen) atoms. The zero-order valence-corrected chi connectivity index (χ0v) is 9.56. The summed E-state index contributed by atoms with van der Waals surface area (Å²) in [6.07, 6.45) is 0. The lowest BCUT2D eigenvalue weighted by atomic mass is 10.1. The number of amidine groups is 1. The van der Waals surface area contributed by atoms with Gasteiger partial charge >= 0.3 is 5.92 Å². The van der Waals surface area contributed by atoms with E-state index in [0.717, 1.165) is 12.1 Å². The first-order valence-corrected chi connectivity index (χ1v) is 4.88. The molecule has 0 heterocycles. The van der Waals surface area contributed by atoms with E-state index in [1.165, 1.54) is 6.07 Å². The number of nitrogens with two attached hydrogens (primary N) is 1. The van der Waals surface area contributed by atoms with Gasteiger partial charge in [-0.2, -0.15) is 8.78 Å². The van der Waals surface area contributed by atoms with Crippen molar-refractivity contribution in [1.29, 1.82) is 0 Å². The topological polar surface area (TPSA) is 58.6 Å². The summed E-state index contributed by atoms with van der Waals surface area (Å²) in [5.74, 6) is -4.72. The molecule has 0 aliphatic heterocycles. The predicted molar refractivity (Wildman–Crippen MR) is 56.5 cm³/mol. The molecule has 0 saturated carbocycles. The smallest absolute Gasteiger partial charge is 0.332 e. The second-order valence-corrected chi connectivity index (χ2v) is 3.95. The van der Waals surface area contributed by atoms with Gasteiger partial charge in [-0.25, -0.2) is 0 Å². The number of halogens is 4. The van der Waals surface area contributed by atoms with Crippen molar-refractivity contribution in [3.05, 3.63) is 33.3 Å². The molecule has 0 amide bonds. The molecule has 0 unspecified atom stereocenters. The van der Waals surface area contributed by atoms with Gasteiger partial charge in [-0.05, 0) is 28.1 Å². The number of benzene rings is 1. The SMILES string of the molecule is NC(=NO)C(F)(F)c1ccc(Br)c(Cl)c1. The third kappa shape index (κ3) is 2.38. The standard InChI is InChI=1S/C8H6BrClF2N2O/c9-5-2-1-4(3-6(5)10)8(11,12)7(13)14-15/h1-3,15H,(H2,13,14). The molecular weight excluding hydrogens is 293 g/mol. The lowest BCUT2D eigenvalue weighted by Gasteiger charge is -2.15. The van der Waals surface area contributed by atoms with E-state index in [9.17, 15) is 8.78 Å². The average molecular weight is 300 g/mol. The molecular formula is C8H6BrClF2N2O. The van der Waals surface area contributed by atoms with Crippen LogP contribution in [0.3, 0.4) is 0 Å². The molecule has 0 saturated heterocycles. The molecule has 1 aromatic carbocycles. The van der Waals surface area contributed by atoms with Crippen molar-refractivity contribution in [2.45, 2.75) is 5.92 Å². The fraction of sp³-hybridized carbons (Fsp3) is 0.125. The monoisotopic (exact) mass is 298 g/mol. The summed E-state index contributed by atoms with van der Waals surface area (Å²) in [4.78, 5) is 0. The highest BCUT2D eigenvalue weighted by atomic mass is 79.9. The van der Waals surface area contributed by atoms with Gasteiger partial charge in [-0.3, -0.25) is 0 Å². The van der Waals surface area contributed by atoms with Crippen LogP contribution < -0.4 is 5.73 Å². The molecule has 1 aromatic rings. The first-order chi connectivity index (χ1) is 6.89. The number of hydrogen-bond acceptors (Lipinski definition) is 2. The van der Waals surface area contributed by atoms with Crippen molar-refractivity contribution in [2.75, 3.05) is 0 Å². The van der Waals surface area contributed by atoms with E-state index in [1.54, 1.807) is 0 Å². The first-order valence-electron chi connectivity index (χ1n) is 3.71. The molecule has 0 radical (unpaired) electrons. The van der Waals surface area contributed by atoms with Crippen molar-refractivity contribution in [1.82, 2.24) is 0 Å². The van der Waals surface area contributed by atoms with Crippen LogP contribution >= 0.6 is 27.5 Å². The summed E-state index contributed by atoms with van der Waals surface area (Å²) in [5.41, 5.74) is 4.43. The zero-order chi connectivity index (χ0) is 11.6. The molecule has 0 bridgehead atoms. The second-order valence-electron chi connectivity index (χ2n) is 2.69. The maximum Gasteiger partial charge on any atom is 0.332 e. The molecule has 0 aliphatic carbocycles. The number of alkyl halides is 2. The summed E-state index contributed by atoms with van der Waals surface area (Å²) in [6, 6.07) is 3.54. The van der Waals surface area contributed by atoms with Gasteiger partial charge in [0.2, 0.25) is 5.84 Å². The molecule has 3 N–H and O–H groups in total. The molecule has 0 fully saturated rings. The molecule has 0 spiro atoms. The maximum absolute atomic E-state index is 13.4. The van der Waals surface area contributed by atoms with Gasteiger partial charge in [0, 0.05) is 10.0 Å². The molecule has 0 aromatic heterocycles. The highest BCUT2D eigenvalue weighted by molar-refractivity contribution is 9.10. The Balaban J connectivity index is 3.22. The van der Waals surface area contributed by atoms with E-state index in [0.29, 0.717) is 4.47 Å². The fourth-order valence-corrected chi connectivity index (χ4v) is 1.33. The van der Waals surface area contributed by atoms with E-state index < -0.39 is 17.3 Å². The Morgan fingerprint density at radius 2 is 2.13 bits per heavy atom. The van der Waals surface area contributed by atoms with Crippen LogP contribution in [-0.2, 0) is 5.92 Å². The Hall–Kier alpha value is -0.880. The van der Waals surface area contributed by atoms with Gasteiger partial charge < -0.3 is 10.9 Å². The number of oxime groups is 1. The predicted octanol–water partition coefficient (Wildman–Crippen LogP) is 2.94. The molecule has 0 atom stereocenters. The van der Waals surface area contributed by atoms with E-state index in [1.807, 2.05) is 0 Å². The number of hydrogen-bond donors (Lipinski definition) is 2. The lowest BCUT2D eigenvalue weighted by Crippen LogP contribution is -2.33. The highest BCUT2D eigenvalue weighted by Gasteiger charge is 2.37. The average Bonchev–Trinajstić information content (AvgIpc) is 2.20. The van der Waals surface area contributed by atoms with Gasteiger partial charge in [-0.1, -0.05) is 22.8 Å². The van der Waals surface area contributed by atoms with Crippen LogP contribution in [0.4, 0.5) is 8.78 Å². The van der Waals surface area contributed by atoms with E-state index in [-0.39, 0.29) is 5.02 Å². The minimum Gasteiger partial charge on any atom is -0.409 e. The van der Waals surface area contributed by atoms with Crippen molar-refractivity contribution in [3.8, 4) is 0 Å². The number of rotatable bonds is 2. The van der Waals surface area contributed by atoms with Crippen molar-refractivity contribution in [2.24, 2.45) is 10.9 Å². The fourth-order valence-electron chi connectivity index (χ4n) is 0.902. The third-order valence-corrected chi connectivity index (χ3v) is 2.94. The molecule has 1 rings (SSSR count). The summed E-state index contributed by atoms with van der Waals surface area (Å²) >= 11 is 8.71. The van der Waals surface area contributed by atoms with Gasteiger partial charge in [-0.15, -0.1) is 0 Å². The summed E-state index contributed by atoms with van der Waals surface area (Å²) < 4.78 is 27.2. The largest absolute Gasteiger partial charge is 0.409 e. The molecule has 3 nitrogen and oxygen atoms in total. The van der Waals surface area contributed by atoms with Gasteiger partial charge in [0.05, 0.1) is 5.02 Å². The highest BCUT2D eigenvalue weighted by Crippen LogP contribution is 2.32. The summed E-state index contributed by atoms with van der Waals surface area (Å²) in [5, 5.41) is 10.6. The van der Waals surface area contributed by atoms with Crippen LogP contribution in [0, 0.1) is 0 Å². The number of nitrogens with zero attached hydrogens (tertiary/aromatic N) is 1. The minimum atomic E-state index is -3.54. The van der Waals surface area contributed by atoms with Gasteiger partial charge in [0.25, 0.3) is 0 Å². The van der Waals surface area contributed by atoms with Crippen LogP contribution in [0.25, 0.3) is 0 Å². The molecule has 7 heteroatoms. The quantitative estimate of drug-likeness (QED) is 0.382. The van der Waals surface area contributed by atoms with Crippen LogP contribution in [0.2, 0.25) is 5.02 Å². The van der Waals surface area contributed by atoms with Gasteiger partial charge in [0.1, 0.15) is 0 Å². The molecule has 0 aliphatic rings. The third-order valence-electron chi connectivity index (χ3n) is 1.71. The maximum atomic E-state index is 13.4. The molecule has 82 valence electrons. The van der Waals surface area contributed by atoms with E-state index in [4.69, 9.17) is 22.5 Å². The van der Waals surface area contributed by atoms with Crippen molar-refractivity contribution < 1.29 is 14.0 Å². The Kier molecular flexibility index (Phi) is 3.51. The Labute approximate surface area is 97.6 Å². The van der Waals surface area contributed by atoms with Gasteiger partial charge in [0.15, 0.2) is 0 Å². The first kappa shape index (κ1) is 12.2. The van der Waals surface area contributed by atoms with Crippen LogP contribution in [0.5, 0.6) is 0 Å². The van der Waals surface area contributed by atoms with Crippen LogP contribution in [0.15, 0.2) is 27.8 Å². The van der Waals surface area contributed by atoms with Crippen molar-refractivity contribution in [3.63, 3.8) is 0 Å².